The van der Waals surface area contributed by atoms with Gasteiger partial charge in [0.05, 0.1) is 17.6 Å². The maximum Gasteiger partial charge on any atom is 0.253 e. The van der Waals surface area contributed by atoms with Gasteiger partial charge in [-0.15, -0.1) is 0 Å². The fourth-order valence-electron chi connectivity index (χ4n) is 5.51. The normalized spacial score (nSPS) is 14.0. The molecule has 0 aliphatic carbocycles. The van der Waals surface area contributed by atoms with E-state index in [9.17, 15) is 4.79 Å². The van der Waals surface area contributed by atoms with Crippen LogP contribution in [0.25, 0.3) is 27.9 Å². The molecule has 7 heteroatoms. The molecule has 7 nitrogen and oxygen atoms in total. The number of aryl methyl sites for hydroxylation is 3. The highest BCUT2D eigenvalue weighted by atomic mass is 16.2. The number of fused-ring (bicyclic) bond motifs is 1. The molecule has 196 valence electrons. The van der Waals surface area contributed by atoms with E-state index in [4.69, 9.17) is 0 Å². The van der Waals surface area contributed by atoms with Crippen LogP contribution in [0.2, 0.25) is 0 Å². The molecule has 0 saturated carbocycles. The van der Waals surface area contributed by atoms with E-state index in [-0.39, 0.29) is 5.91 Å². The quantitative estimate of drug-likeness (QED) is 0.384. The summed E-state index contributed by atoms with van der Waals surface area (Å²) < 4.78 is 2.20. The van der Waals surface area contributed by atoms with Crippen LogP contribution < -0.4 is 5.32 Å². The lowest BCUT2D eigenvalue weighted by Gasteiger charge is -2.28. The zero-order valence-corrected chi connectivity index (χ0v) is 23.2. The van der Waals surface area contributed by atoms with Gasteiger partial charge >= 0.3 is 0 Å². The Balaban J connectivity index is 1.36. The first kappa shape index (κ1) is 25.7. The minimum absolute atomic E-state index is 0.0462. The number of carbonyl (C=O) groups excluding carboxylic acids is 1. The van der Waals surface area contributed by atoms with Crippen molar-refractivity contribution in [2.45, 2.75) is 26.8 Å². The van der Waals surface area contributed by atoms with Gasteiger partial charge < -0.3 is 14.8 Å². The number of aromatic nitrogens is 3. The first-order chi connectivity index (χ1) is 18.3. The predicted molar refractivity (Wildman–Crippen MR) is 155 cm³/mol. The SMILES string of the molecule is CNc1ccc(-c2ccnc3c2cc(CN2CC=C(c4c(C)cc(C(=O)N(C)C)cc4C)CC2)n3C)nc1. The summed E-state index contributed by atoms with van der Waals surface area (Å²) in [6.07, 6.45) is 7.07. The molecule has 1 amide bonds. The van der Waals surface area contributed by atoms with Crippen LogP contribution in [0.5, 0.6) is 0 Å². The van der Waals surface area contributed by atoms with Gasteiger partial charge in [0.2, 0.25) is 0 Å². The summed E-state index contributed by atoms with van der Waals surface area (Å²) in [5, 5.41) is 4.25. The first-order valence-electron chi connectivity index (χ1n) is 13.1. The Labute approximate surface area is 224 Å². The summed E-state index contributed by atoms with van der Waals surface area (Å²) in [6, 6.07) is 12.5. The van der Waals surface area contributed by atoms with Gasteiger partial charge in [-0.3, -0.25) is 14.7 Å². The number of benzene rings is 1. The molecule has 5 rings (SSSR count). The van der Waals surface area contributed by atoms with Crippen molar-refractivity contribution in [2.24, 2.45) is 7.05 Å². The molecule has 0 saturated heterocycles. The number of rotatable bonds is 6. The number of nitrogens with zero attached hydrogens (tertiary/aromatic N) is 5. The molecule has 0 bridgehead atoms. The molecular weight excluding hydrogens is 472 g/mol. The average Bonchev–Trinajstić information content (AvgIpc) is 3.23. The third-order valence-electron chi connectivity index (χ3n) is 7.54. The van der Waals surface area contributed by atoms with Gasteiger partial charge in [-0.25, -0.2) is 4.98 Å². The molecule has 1 aliphatic rings. The lowest BCUT2D eigenvalue weighted by Crippen LogP contribution is -2.29. The van der Waals surface area contributed by atoms with E-state index in [1.54, 1.807) is 19.0 Å². The topological polar surface area (TPSA) is 66.3 Å². The first-order valence-corrected chi connectivity index (χ1v) is 13.1. The molecule has 4 heterocycles. The van der Waals surface area contributed by atoms with Crippen molar-refractivity contribution in [1.29, 1.82) is 0 Å². The molecule has 0 radical (unpaired) electrons. The molecule has 3 aromatic heterocycles. The summed E-state index contributed by atoms with van der Waals surface area (Å²) in [6.45, 7) is 6.96. The standard InChI is InChI=1S/C31H36N6O/c1-20-15-23(31(38)35(4)5)16-21(2)29(20)22-10-13-37(14-11-22)19-25-17-27-26(9-12-33-30(27)36(25)6)28-8-7-24(32-3)18-34-28/h7-10,12,15-18,32H,11,13-14,19H2,1-6H3. The fraction of sp³-hybridized carbons (Fsp3) is 0.323. The molecule has 1 aliphatic heterocycles. The second kappa shape index (κ2) is 10.4. The average molecular weight is 509 g/mol. The minimum atomic E-state index is 0.0462. The monoisotopic (exact) mass is 508 g/mol. The minimum Gasteiger partial charge on any atom is -0.387 e. The lowest BCUT2D eigenvalue weighted by molar-refractivity contribution is 0.0827. The van der Waals surface area contributed by atoms with Gasteiger partial charge in [0.1, 0.15) is 5.65 Å². The second-order valence-electron chi connectivity index (χ2n) is 10.4. The number of carbonyl (C=O) groups is 1. The van der Waals surface area contributed by atoms with E-state index >= 15 is 0 Å². The summed E-state index contributed by atoms with van der Waals surface area (Å²) in [7, 11) is 7.59. The van der Waals surface area contributed by atoms with Gasteiger partial charge in [0.15, 0.2) is 0 Å². The van der Waals surface area contributed by atoms with Crippen LogP contribution in [0.15, 0.2) is 54.9 Å². The van der Waals surface area contributed by atoms with Crippen LogP contribution in [-0.2, 0) is 13.6 Å². The number of hydrogen-bond donors (Lipinski definition) is 1. The van der Waals surface area contributed by atoms with E-state index in [1.807, 2.05) is 43.7 Å². The van der Waals surface area contributed by atoms with Crippen molar-refractivity contribution in [1.82, 2.24) is 24.3 Å². The van der Waals surface area contributed by atoms with Crippen molar-refractivity contribution in [2.75, 3.05) is 39.5 Å². The van der Waals surface area contributed by atoms with Crippen LogP contribution in [0, 0.1) is 13.8 Å². The fourth-order valence-corrected chi connectivity index (χ4v) is 5.51. The molecule has 4 aromatic rings. The van der Waals surface area contributed by atoms with Crippen molar-refractivity contribution >= 4 is 28.2 Å². The Hall–Kier alpha value is -3.97. The molecule has 0 spiro atoms. The summed E-state index contributed by atoms with van der Waals surface area (Å²) in [5.41, 5.74) is 11.0. The lowest BCUT2D eigenvalue weighted by atomic mass is 9.90. The Morgan fingerprint density at radius 1 is 1.08 bits per heavy atom. The number of anilines is 1. The second-order valence-corrected chi connectivity index (χ2v) is 10.4. The Morgan fingerprint density at radius 3 is 2.45 bits per heavy atom. The van der Waals surface area contributed by atoms with Gasteiger partial charge in [0.25, 0.3) is 5.91 Å². The van der Waals surface area contributed by atoms with Crippen molar-refractivity contribution in [3.63, 3.8) is 0 Å². The van der Waals surface area contributed by atoms with Crippen molar-refractivity contribution < 1.29 is 4.79 Å². The Kier molecular flexibility index (Phi) is 7.04. The largest absolute Gasteiger partial charge is 0.387 e. The van der Waals surface area contributed by atoms with Crippen molar-refractivity contribution in [3.8, 4) is 11.3 Å². The number of nitrogens with one attached hydrogen (secondary N) is 1. The van der Waals surface area contributed by atoms with Crippen LogP contribution in [-0.4, -0.2) is 64.5 Å². The highest BCUT2D eigenvalue weighted by Crippen LogP contribution is 2.32. The van der Waals surface area contributed by atoms with E-state index in [2.05, 4.69) is 63.9 Å². The molecule has 1 N–H and O–H groups in total. The van der Waals surface area contributed by atoms with E-state index in [0.29, 0.717) is 0 Å². The third-order valence-corrected chi connectivity index (χ3v) is 7.54. The van der Waals surface area contributed by atoms with Gasteiger partial charge in [-0.2, -0.15) is 0 Å². The summed E-state index contributed by atoms with van der Waals surface area (Å²) in [4.78, 5) is 25.9. The van der Waals surface area contributed by atoms with Crippen molar-refractivity contribution in [3.05, 3.63) is 82.8 Å². The van der Waals surface area contributed by atoms with Gasteiger partial charge in [0, 0.05) is 76.2 Å². The Bertz CT molecular complexity index is 1510. The number of pyridine rings is 2. The molecule has 38 heavy (non-hydrogen) atoms. The van der Waals surface area contributed by atoms with E-state index < -0.39 is 0 Å². The third kappa shape index (κ3) is 4.82. The van der Waals surface area contributed by atoms with Crippen LogP contribution >= 0.6 is 0 Å². The zero-order valence-electron chi connectivity index (χ0n) is 23.2. The van der Waals surface area contributed by atoms with Crippen LogP contribution in [0.4, 0.5) is 5.69 Å². The maximum absolute atomic E-state index is 12.5. The van der Waals surface area contributed by atoms with Crippen LogP contribution in [0.3, 0.4) is 0 Å². The molecular formula is C31H36N6O. The van der Waals surface area contributed by atoms with E-state index in [1.165, 1.54) is 28.0 Å². The zero-order chi connectivity index (χ0) is 27.0. The summed E-state index contributed by atoms with van der Waals surface area (Å²) in [5.74, 6) is 0.0462. The van der Waals surface area contributed by atoms with Crippen LogP contribution in [0.1, 0.15) is 39.2 Å². The highest BCUT2D eigenvalue weighted by molar-refractivity contribution is 5.95. The van der Waals surface area contributed by atoms with E-state index in [0.717, 1.165) is 59.6 Å². The summed E-state index contributed by atoms with van der Waals surface area (Å²) >= 11 is 0. The molecule has 0 unspecified atom stereocenters. The van der Waals surface area contributed by atoms with Gasteiger partial charge in [-0.1, -0.05) is 6.08 Å². The number of amides is 1. The molecule has 1 aromatic carbocycles. The Morgan fingerprint density at radius 2 is 1.84 bits per heavy atom. The highest BCUT2D eigenvalue weighted by Gasteiger charge is 2.20. The smallest absolute Gasteiger partial charge is 0.253 e. The number of hydrogen-bond acceptors (Lipinski definition) is 5. The maximum atomic E-state index is 12.5. The molecule has 0 atom stereocenters. The predicted octanol–water partition coefficient (Wildman–Crippen LogP) is 5.28. The molecule has 0 fully saturated rings. The van der Waals surface area contributed by atoms with Gasteiger partial charge in [-0.05, 0) is 78.9 Å².